The highest BCUT2D eigenvalue weighted by Crippen LogP contribution is 2.53. The number of benzene rings is 4. The van der Waals surface area contributed by atoms with E-state index in [0.717, 1.165) is 12.1 Å². The standard InChI is InChI=1S/C27H12N6O13S2/c34-25(23-13-7-11-15(28(35)36)3-1-5-21(11)47-26(13)19(32(43)44)9-17(23)30(39)40)24-14-8-12-16(29(37)38)4-2-6-22(12)48-27(14)20(33(45)46)10-18(24)31(41)42/h1-6,9-10H,7-8H2. The predicted octanol–water partition coefficient (Wildman–Crippen LogP) is 6.48. The fourth-order valence-electron chi connectivity index (χ4n) is 5.71. The van der Waals surface area contributed by atoms with Crippen LogP contribution in [-0.4, -0.2) is 35.3 Å². The minimum atomic E-state index is -1.43. The van der Waals surface area contributed by atoms with Crippen molar-refractivity contribution in [3.05, 3.63) is 143 Å². The normalized spacial score (nSPS) is 12.5. The molecule has 0 N–H and O–H groups in total. The summed E-state index contributed by atoms with van der Waals surface area (Å²) in [6.07, 6.45) is -1.21. The fraction of sp³-hybridized carbons (Fsp3) is 0.0741. The van der Waals surface area contributed by atoms with Crippen molar-refractivity contribution in [3.63, 3.8) is 0 Å². The Morgan fingerprint density at radius 2 is 0.812 bits per heavy atom. The Labute approximate surface area is 272 Å². The second-order valence-corrected chi connectivity index (χ2v) is 12.2. The van der Waals surface area contributed by atoms with E-state index in [1.54, 1.807) is 0 Å². The van der Waals surface area contributed by atoms with Gasteiger partial charge in [0.05, 0.1) is 51.5 Å². The van der Waals surface area contributed by atoms with Gasteiger partial charge in [0.25, 0.3) is 34.1 Å². The first-order chi connectivity index (χ1) is 22.7. The first kappa shape index (κ1) is 31.6. The zero-order valence-electron chi connectivity index (χ0n) is 23.3. The first-order valence-electron chi connectivity index (χ1n) is 13.1. The molecule has 2 aliphatic heterocycles. The third kappa shape index (κ3) is 4.93. The number of fused-ring (bicyclic) bond motifs is 4. The molecule has 4 aromatic rings. The lowest BCUT2D eigenvalue weighted by atomic mass is 9.87. The Hall–Kier alpha value is -6.35. The summed E-state index contributed by atoms with van der Waals surface area (Å²) >= 11 is 1.27. The van der Waals surface area contributed by atoms with E-state index in [0.29, 0.717) is 35.7 Å². The van der Waals surface area contributed by atoms with Gasteiger partial charge in [0.1, 0.15) is 11.1 Å². The number of nitro benzene ring substituents is 6. The summed E-state index contributed by atoms with van der Waals surface area (Å²) in [5.41, 5.74) is -7.44. The van der Waals surface area contributed by atoms with E-state index in [-0.39, 0.29) is 30.7 Å². The summed E-state index contributed by atoms with van der Waals surface area (Å²) in [5.74, 6) is -1.43. The molecular weight excluding hydrogens is 680 g/mol. The highest BCUT2D eigenvalue weighted by Gasteiger charge is 2.43. The minimum Gasteiger partial charge on any atom is -0.288 e. The Bertz CT molecular complexity index is 2100. The summed E-state index contributed by atoms with van der Waals surface area (Å²) in [7, 11) is 0. The lowest BCUT2D eigenvalue weighted by Gasteiger charge is -2.23. The molecule has 0 aromatic heterocycles. The molecule has 0 bridgehead atoms. The van der Waals surface area contributed by atoms with Gasteiger partial charge in [-0.25, -0.2) is 0 Å². The average Bonchev–Trinajstić information content (AvgIpc) is 3.03. The smallest absolute Gasteiger partial charge is 0.288 e. The molecule has 0 radical (unpaired) electrons. The van der Waals surface area contributed by atoms with Gasteiger partial charge in [0.2, 0.25) is 5.78 Å². The van der Waals surface area contributed by atoms with E-state index in [1.807, 2.05) is 0 Å². The Morgan fingerprint density at radius 3 is 1.12 bits per heavy atom. The maximum atomic E-state index is 14.6. The minimum absolute atomic E-state index is 0.0378. The summed E-state index contributed by atoms with van der Waals surface area (Å²) in [6.45, 7) is 0. The lowest BCUT2D eigenvalue weighted by Crippen LogP contribution is -2.19. The van der Waals surface area contributed by atoms with Crippen molar-refractivity contribution in [2.75, 3.05) is 0 Å². The van der Waals surface area contributed by atoms with Crippen LogP contribution in [-0.2, 0) is 12.8 Å². The van der Waals surface area contributed by atoms with Gasteiger partial charge < -0.3 is 0 Å². The zero-order valence-corrected chi connectivity index (χ0v) is 25.0. The molecule has 21 heteroatoms. The molecule has 0 fully saturated rings. The number of rotatable bonds is 8. The lowest BCUT2D eigenvalue weighted by molar-refractivity contribution is -0.396. The maximum absolute atomic E-state index is 14.6. The van der Waals surface area contributed by atoms with Crippen molar-refractivity contribution in [2.24, 2.45) is 0 Å². The van der Waals surface area contributed by atoms with Gasteiger partial charge in [-0.3, -0.25) is 65.5 Å². The van der Waals surface area contributed by atoms with Crippen molar-refractivity contribution in [1.29, 1.82) is 0 Å². The van der Waals surface area contributed by atoms with Gasteiger partial charge in [0.15, 0.2) is 0 Å². The highest BCUT2D eigenvalue weighted by molar-refractivity contribution is 8.00. The van der Waals surface area contributed by atoms with E-state index in [1.165, 1.54) is 24.3 Å². The number of carbonyl (C=O) groups excluding carboxylic acids is 1. The van der Waals surface area contributed by atoms with E-state index in [4.69, 9.17) is 0 Å². The average molecular weight is 693 g/mol. The van der Waals surface area contributed by atoms with Crippen molar-refractivity contribution >= 4 is 63.4 Å². The van der Waals surface area contributed by atoms with Gasteiger partial charge >= 0.3 is 0 Å². The molecule has 0 atom stereocenters. The van der Waals surface area contributed by atoms with Gasteiger partial charge in [-0.15, -0.1) is 0 Å². The molecule has 0 saturated carbocycles. The molecule has 0 unspecified atom stereocenters. The Morgan fingerprint density at radius 1 is 0.479 bits per heavy atom. The largest absolute Gasteiger partial charge is 0.290 e. The van der Waals surface area contributed by atoms with Crippen LogP contribution in [0.15, 0.2) is 68.1 Å². The van der Waals surface area contributed by atoms with Crippen LogP contribution < -0.4 is 0 Å². The van der Waals surface area contributed by atoms with E-state index < -0.39 is 105 Å². The van der Waals surface area contributed by atoms with Crippen LogP contribution in [0.5, 0.6) is 0 Å². The molecule has 19 nitrogen and oxygen atoms in total. The first-order valence-corrected chi connectivity index (χ1v) is 14.7. The van der Waals surface area contributed by atoms with Crippen LogP contribution in [0.3, 0.4) is 0 Å². The van der Waals surface area contributed by atoms with Crippen LogP contribution >= 0.6 is 23.5 Å². The van der Waals surface area contributed by atoms with Crippen LogP contribution in [0, 0.1) is 60.7 Å². The summed E-state index contributed by atoms with van der Waals surface area (Å²) in [6, 6.07) is 8.72. The van der Waals surface area contributed by atoms with Gasteiger partial charge in [-0.1, -0.05) is 35.7 Å². The molecule has 4 aromatic carbocycles. The number of nitrogens with zero attached hydrogens (tertiary/aromatic N) is 6. The highest BCUT2D eigenvalue weighted by atomic mass is 32.2. The summed E-state index contributed by atoms with van der Waals surface area (Å²) in [4.78, 5) is 81.4. The van der Waals surface area contributed by atoms with Crippen molar-refractivity contribution in [1.82, 2.24) is 0 Å². The van der Waals surface area contributed by atoms with Crippen LogP contribution in [0.4, 0.5) is 34.1 Å². The number of hydrogen-bond donors (Lipinski definition) is 0. The second kappa shape index (κ2) is 11.5. The molecule has 0 aliphatic carbocycles. The zero-order chi connectivity index (χ0) is 34.8. The third-order valence-corrected chi connectivity index (χ3v) is 10.2. The van der Waals surface area contributed by atoms with E-state index in [9.17, 15) is 65.5 Å². The maximum Gasteiger partial charge on any atom is 0.290 e. The van der Waals surface area contributed by atoms with Gasteiger partial charge in [-0.05, 0) is 23.3 Å². The molecule has 2 heterocycles. The Balaban J connectivity index is 1.70. The fourth-order valence-corrected chi connectivity index (χ4v) is 8.11. The van der Waals surface area contributed by atoms with Crippen molar-refractivity contribution in [2.45, 2.75) is 32.4 Å². The number of hydrogen-bond acceptors (Lipinski definition) is 15. The van der Waals surface area contributed by atoms with Crippen LogP contribution in [0.1, 0.15) is 38.2 Å². The van der Waals surface area contributed by atoms with E-state index in [2.05, 4.69) is 0 Å². The number of ketones is 1. The summed E-state index contributed by atoms with van der Waals surface area (Å²) in [5, 5.41) is 72.7. The molecular formula is C27H12N6O13S2. The SMILES string of the molecule is O=C(c1c([N+](=O)[O-])cc([N+](=O)[O-])c2c1Cc1c(cccc1[N+](=O)[O-])S2)c1c([N+](=O)[O-])cc([N+](=O)[O-])c2c1Cc1c(cccc1[N+](=O)[O-])S2. The van der Waals surface area contributed by atoms with Crippen molar-refractivity contribution in [3.8, 4) is 0 Å². The second-order valence-electron chi connectivity index (χ2n) is 10.1. The molecule has 240 valence electrons. The van der Waals surface area contributed by atoms with Gasteiger partial charge in [-0.2, -0.15) is 0 Å². The topological polar surface area (TPSA) is 276 Å². The Kier molecular flexibility index (Phi) is 7.56. The number of carbonyl (C=O) groups is 1. The third-order valence-electron chi connectivity index (χ3n) is 7.66. The summed E-state index contributed by atoms with van der Waals surface area (Å²) < 4.78 is 0. The molecule has 2 aliphatic rings. The number of nitro groups is 6. The van der Waals surface area contributed by atoms with Crippen LogP contribution in [0.2, 0.25) is 0 Å². The van der Waals surface area contributed by atoms with Crippen LogP contribution in [0.25, 0.3) is 0 Å². The quantitative estimate of drug-likeness (QED) is 0.0937. The molecule has 0 amide bonds. The van der Waals surface area contributed by atoms with Gasteiger partial charge in [0, 0.05) is 45.9 Å². The molecule has 6 rings (SSSR count). The molecule has 0 saturated heterocycles. The van der Waals surface area contributed by atoms with E-state index >= 15 is 0 Å². The molecule has 48 heavy (non-hydrogen) atoms. The van der Waals surface area contributed by atoms with Crippen molar-refractivity contribution < 1.29 is 34.3 Å². The monoisotopic (exact) mass is 692 g/mol. The molecule has 0 spiro atoms. The predicted molar refractivity (Wildman–Crippen MR) is 163 cm³/mol.